The van der Waals surface area contributed by atoms with Gasteiger partial charge < -0.3 is 36.7 Å². The average molecular weight is 511 g/mol. The summed E-state index contributed by atoms with van der Waals surface area (Å²) in [4.78, 5) is 72.8. The van der Waals surface area contributed by atoms with Crippen LogP contribution in [0.25, 0.3) is 0 Å². The number of hydrogen-bond donors (Lipinski definition) is 6. The summed E-state index contributed by atoms with van der Waals surface area (Å²) in [6, 6.07) is -2.93. The lowest BCUT2D eigenvalue weighted by atomic mass is 10.0. The first-order chi connectivity index (χ1) is 16.9. The minimum Gasteiger partial charge on any atom is -0.348 e. The van der Waals surface area contributed by atoms with Crippen molar-refractivity contribution in [1.29, 1.82) is 0 Å². The van der Waals surface area contributed by atoms with Gasteiger partial charge in [-0.1, -0.05) is 27.7 Å². The van der Waals surface area contributed by atoms with Crippen LogP contribution in [0.4, 0.5) is 0 Å². The highest BCUT2D eigenvalue weighted by Gasteiger charge is 2.29. The smallest absolute Gasteiger partial charge is 0.243 e. The average Bonchev–Trinajstić information content (AvgIpc) is 3.34. The molecule has 12 nitrogen and oxygen atoms in total. The Morgan fingerprint density at radius 1 is 0.833 bits per heavy atom. The monoisotopic (exact) mass is 510 g/mol. The predicted molar refractivity (Wildman–Crippen MR) is 133 cm³/mol. The lowest BCUT2D eigenvalue weighted by Gasteiger charge is -2.24. The van der Waals surface area contributed by atoms with Crippen LogP contribution in [0.1, 0.15) is 60.3 Å². The van der Waals surface area contributed by atoms with E-state index in [1.165, 1.54) is 6.92 Å². The molecule has 1 heterocycles. The maximum Gasteiger partial charge on any atom is 0.243 e. The van der Waals surface area contributed by atoms with Crippen LogP contribution in [-0.2, 0) is 28.8 Å². The van der Waals surface area contributed by atoms with Crippen molar-refractivity contribution in [2.45, 2.75) is 84.5 Å². The number of carbonyl (C=O) groups excluding carboxylic acids is 6. The van der Waals surface area contributed by atoms with Crippen LogP contribution < -0.4 is 31.9 Å². The summed E-state index contributed by atoms with van der Waals surface area (Å²) in [5, 5.41) is 15.9. The predicted octanol–water partition coefficient (Wildman–Crippen LogP) is -1.26. The molecular weight excluding hydrogens is 468 g/mol. The van der Waals surface area contributed by atoms with Crippen LogP contribution >= 0.6 is 0 Å². The summed E-state index contributed by atoms with van der Waals surface area (Å²) < 4.78 is 0. The van der Waals surface area contributed by atoms with Gasteiger partial charge in [-0.25, -0.2) is 0 Å². The number of rotatable bonds is 15. The molecule has 12 heteroatoms. The third-order valence-corrected chi connectivity index (χ3v) is 5.61. The summed E-state index contributed by atoms with van der Waals surface area (Å²) in [7, 11) is 0. The van der Waals surface area contributed by atoms with Gasteiger partial charge in [0.05, 0.1) is 19.1 Å². The maximum absolute atomic E-state index is 12.8. The molecule has 1 fully saturated rings. The first-order valence-electron chi connectivity index (χ1n) is 12.6. The van der Waals surface area contributed by atoms with Gasteiger partial charge >= 0.3 is 0 Å². The van der Waals surface area contributed by atoms with E-state index in [0.717, 1.165) is 13.0 Å². The first kappa shape index (κ1) is 31.0. The minimum absolute atomic E-state index is 0.0599. The van der Waals surface area contributed by atoms with E-state index < -0.39 is 41.8 Å². The zero-order chi connectivity index (χ0) is 27.3. The molecule has 0 saturated carbocycles. The molecule has 204 valence electrons. The van der Waals surface area contributed by atoms with Crippen molar-refractivity contribution in [3.63, 3.8) is 0 Å². The van der Waals surface area contributed by atoms with Crippen LogP contribution in [-0.4, -0.2) is 79.6 Å². The quantitative estimate of drug-likeness (QED) is 0.149. The molecule has 5 amide bonds. The molecule has 1 aliphatic rings. The lowest BCUT2D eigenvalue weighted by molar-refractivity contribution is -0.133. The molecule has 0 spiro atoms. The highest BCUT2D eigenvalue weighted by atomic mass is 16.2. The van der Waals surface area contributed by atoms with Crippen molar-refractivity contribution in [3.05, 3.63) is 0 Å². The summed E-state index contributed by atoms with van der Waals surface area (Å²) in [6.45, 7) is 9.32. The largest absolute Gasteiger partial charge is 0.348 e. The van der Waals surface area contributed by atoms with Crippen molar-refractivity contribution in [2.24, 2.45) is 11.8 Å². The zero-order valence-electron chi connectivity index (χ0n) is 21.9. The fourth-order valence-corrected chi connectivity index (χ4v) is 3.80. The topological polar surface area (TPSA) is 175 Å². The van der Waals surface area contributed by atoms with Gasteiger partial charge in [-0.2, -0.15) is 0 Å². The Kier molecular flexibility index (Phi) is 13.7. The van der Waals surface area contributed by atoms with E-state index in [1.807, 2.05) is 27.7 Å². The van der Waals surface area contributed by atoms with E-state index in [9.17, 15) is 28.8 Å². The van der Waals surface area contributed by atoms with E-state index in [2.05, 4.69) is 31.9 Å². The molecule has 0 aromatic rings. The standard InChI is InChI=1S/C24H42N6O6/c1-14(2)11-18(30-23(35)17-7-6-8-25-17)22(34)27-13-20(32)29-19(12-15(3)4)24(36)28-16(5)21(33)26-9-10-31/h10,14-19,25H,6-9,11-13H2,1-5H3,(H,26,33)(H,27,34)(H,28,36)(H,29,32)(H,30,35). The van der Waals surface area contributed by atoms with E-state index in [1.54, 1.807) is 0 Å². The Bertz CT molecular complexity index is 781. The highest BCUT2D eigenvalue weighted by molar-refractivity contribution is 5.94. The molecule has 0 aliphatic carbocycles. The van der Waals surface area contributed by atoms with Gasteiger partial charge in [0.25, 0.3) is 0 Å². The SMILES string of the molecule is CC(C)CC(NC(=O)CNC(=O)C(CC(C)C)NC(=O)C1CCCN1)C(=O)NC(C)C(=O)NCC=O. The van der Waals surface area contributed by atoms with Crippen LogP contribution in [0.3, 0.4) is 0 Å². The molecule has 1 aliphatic heterocycles. The van der Waals surface area contributed by atoms with Crippen LogP contribution in [0.2, 0.25) is 0 Å². The van der Waals surface area contributed by atoms with Gasteiger partial charge in [0.15, 0.2) is 0 Å². The van der Waals surface area contributed by atoms with Crippen LogP contribution in [0.15, 0.2) is 0 Å². The lowest BCUT2D eigenvalue weighted by Crippen LogP contribution is -2.55. The Hall–Kier alpha value is -3.02. The molecule has 36 heavy (non-hydrogen) atoms. The van der Waals surface area contributed by atoms with Crippen molar-refractivity contribution in [1.82, 2.24) is 31.9 Å². The van der Waals surface area contributed by atoms with E-state index in [0.29, 0.717) is 25.5 Å². The number of nitrogens with one attached hydrogen (secondary N) is 6. The van der Waals surface area contributed by atoms with Gasteiger partial charge in [0.1, 0.15) is 24.4 Å². The molecule has 0 radical (unpaired) electrons. The van der Waals surface area contributed by atoms with Crippen molar-refractivity contribution < 1.29 is 28.8 Å². The maximum atomic E-state index is 12.8. The second kappa shape index (κ2) is 15.9. The molecule has 1 rings (SSSR count). The van der Waals surface area contributed by atoms with Gasteiger partial charge in [0, 0.05) is 0 Å². The molecule has 4 atom stereocenters. The van der Waals surface area contributed by atoms with Crippen LogP contribution in [0.5, 0.6) is 0 Å². The third-order valence-electron chi connectivity index (χ3n) is 5.61. The molecule has 0 bridgehead atoms. The van der Waals surface area contributed by atoms with E-state index in [4.69, 9.17) is 0 Å². The molecule has 1 saturated heterocycles. The summed E-state index contributed by atoms with van der Waals surface area (Å²) in [5.74, 6) is -2.17. The molecule has 6 N–H and O–H groups in total. The summed E-state index contributed by atoms with van der Waals surface area (Å²) >= 11 is 0. The highest BCUT2D eigenvalue weighted by Crippen LogP contribution is 2.09. The van der Waals surface area contributed by atoms with Crippen molar-refractivity contribution in [3.8, 4) is 0 Å². The number of amides is 5. The number of hydrogen-bond acceptors (Lipinski definition) is 7. The summed E-state index contributed by atoms with van der Waals surface area (Å²) in [5.41, 5.74) is 0. The van der Waals surface area contributed by atoms with Crippen LogP contribution in [0, 0.1) is 11.8 Å². The van der Waals surface area contributed by atoms with E-state index >= 15 is 0 Å². The van der Waals surface area contributed by atoms with Gasteiger partial charge in [-0.15, -0.1) is 0 Å². The fraction of sp³-hybridized carbons (Fsp3) is 0.750. The zero-order valence-corrected chi connectivity index (χ0v) is 21.9. The number of carbonyl (C=O) groups is 6. The van der Waals surface area contributed by atoms with Gasteiger partial charge in [-0.3, -0.25) is 24.0 Å². The van der Waals surface area contributed by atoms with Gasteiger partial charge in [0.2, 0.25) is 29.5 Å². The van der Waals surface area contributed by atoms with Crippen molar-refractivity contribution in [2.75, 3.05) is 19.6 Å². The van der Waals surface area contributed by atoms with E-state index in [-0.39, 0.29) is 36.9 Å². The molecular formula is C24H42N6O6. The third kappa shape index (κ3) is 11.6. The minimum atomic E-state index is -0.921. The Balaban J connectivity index is 2.68. The van der Waals surface area contributed by atoms with Gasteiger partial charge in [-0.05, 0) is 51.0 Å². The fourth-order valence-electron chi connectivity index (χ4n) is 3.80. The van der Waals surface area contributed by atoms with Crippen molar-refractivity contribution >= 4 is 35.8 Å². The normalized spacial score (nSPS) is 17.6. The Labute approximate surface area is 212 Å². The Morgan fingerprint density at radius 2 is 1.44 bits per heavy atom. The first-order valence-corrected chi connectivity index (χ1v) is 12.6. The number of aldehydes is 1. The molecule has 0 aromatic heterocycles. The second-order valence-corrected chi connectivity index (χ2v) is 9.95. The summed E-state index contributed by atoms with van der Waals surface area (Å²) in [6.07, 6.45) is 2.86. The molecule has 0 aromatic carbocycles. The second-order valence-electron chi connectivity index (χ2n) is 9.95. The molecule has 4 unspecified atom stereocenters. The Morgan fingerprint density at radius 3 is 1.97 bits per heavy atom.